The zero-order valence-corrected chi connectivity index (χ0v) is 15.3. The van der Waals surface area contributed by atoms with Crippen LogP contribution in [-0.2, 0) is 0 Å². The minimum Gasteiger partial charge on any atom is -0.496 e. The van der Waals surface area contributed by atoms with Gasteiger partial charge in [-0.1, -0.05) is 26.0 Å². The third kappa shape index (κ3) is 2.34. The molecule has 3 aromatic carbocycles. The summed E-state index contributed by atoms with van der Waals surface area (Å²) >= 11 is 0. The third-order valence-corrected chi connectivity index (χ3v) is 4.91. The fourth-order valence-corrected chi connectivity index (χ4v) is 3.79. The highest BCUT2D eigenvalue weighted by Gasteiger charge is 2.18. The van der Waals surface area contributed by atoms with Crippen molar-refractivity contribution >= 4 is 32.8 Å². The standard InChI is InChI=1S/C22H22N2O/c1-12(2)19-15-10-14(4)21-22(20(15)13(3)11-18(19)25-5)24-17-9-7-6-8-16(17)23-21/h6-12H,1-5H3. The Balaban J connectivity index is 2.27. The number of para-hydroxylation sites is 2. The van der Waals surface area contributed by atoms with Gasteiger partial charge in [-0.25, -0.2) is 9.97 Å². The molecule has 126 valence electrons. The van der Waals surface area contributed by atoms with Crippen LogP contribution in [0.5, 0.6) is 5.75 Å². The molecular weight excluding hydrogens is 308 g/mol. The molecule has 0 bridgehead atoms. The summed E-state index contributed by atoms with van der Waals surface area (Å²) in [7, 11) is 1.74. The lowest BCUT2D eigenvalue weighted by molar-refractivity contribution is 0.408. The predicted molar refractivity (Wildman–Crippen MR) is 105 cm³/mol. The van der Waals surface area contributed by atoms with Crippen LogP contribution in [0.3, 0.4) is 0 Å². The van der Waals surface area contributed by atoms with Crippen molar-refractivity contribution in [3.63, 3.8) is 0 Å². The monoisotopic (exact) mass is 330 g/mol. The first kappa shape index (κ1) is 15.8. The van der Waals surface area contributed by atoms with Crippen molar-refractivity contribution < 1.29 is 4.74 Å². The molecule has 0 saturated carbocycles. The molecule has 0 spiro atoms. The minimum atomic E-state index is 0.364. The number of methoxy groups -OCH3 is 1. The summed E-state index contributed by atoms with van der Waals surface area (Å²) in [6.07, 6.45) is 0. The van der Waals surface area contributed by atoms with E-state index in [0.29, 0.717) is 5.92 Å². The summed E-state index contributed by atoms with van der Waals surface area (Å²) in [5.74, 6) is 1.32. The second-order valence-electron chi connectivity index (χ2n) is 6.99. The summed E-state index contributed by atoms with van der Waals surface area (Å²) in [6.45, 7) is 8.65. The molecule has 4 aromatic rings. The maximum atomic E-state index is 5.68. The Morgan fingerprint density at radius 1 is 0.880 bits per heavy atom. The van der Waals surface area contributed by atoms with Gasteiger partial charge >= 0.3 is 0 Å². The van der Waals surface area contributed by atoms with E-state index in [2.05, 4.69) is 39.8 Å². The molecule has 1 heterocycles. The lowest BCUT2D eigenvalue weighted by atomic mass is 9.90. The molecule has 3 nitrogen and oxygen atoms in total. The second kappa shape index (κ2) is 5.69. The van der Waals surface area contributed by atoms with E-state index in [4.69, 9.17) is 14.7 Å². The van der Waals surface area contributed by atoms with Crippen LogP contribution >= 0.6 is 0 Å². The largest absolute Gasteiger partial charge is 0.496 e. The van der Waals surface area contributed by atoms with Crippen molar-refractivity contribution in [1.29, 1.82) is 0 Å². The topological polar surface area (TPSA) is 35.0 Å². The van der Waals surface area contributed by atoms with E-state index in [1.165, 1.54) is 21.9 Å². The van der Waals surface area contributed by atoms with Gasteiger partial charge in [-0.2, -0.15) is 0 Å². The van der Waals surface area contributed by atoms with Gasteiger partial charge in [0.2, 0.25) is 0 Å². The first-order valence-electron chi connectivity index (χ1n) is 8.68. The third-order valence-electron chi connectivity index (χ3n) is 4.91. The molecule has 0 atom stereocenters. The first-order valence-corrected chi connectivity index (χ1v) is 8.68. The number of fused-ring (bicyclic) bond motifs is 4. The Hall–Kier alpha value is -2.68. The van der Waals surface area contributed by atoms with Gasteiger partial charge in [0, 0.05) is 10.9 Å². The van der Waals surface area contributed by atoms with Crippen LogP contribution < -0.4 is 4.74 Å². The van der Waals surface area contributed by atoms with E-state index in [-0.39, 0.29) is 0 Å². The van der Waals surface area contributed by atoms with Gasteiger partial charge in [-0.3, -0.25) is 0 Å². The number of nitrogens with zero attached hydrogens (tertiary/aromatic N) is 2. The number of hydrogen-bond acceptors (Lipinski definition) is 3. The van der Waals surface area contributed by atoms with Gasteiger partial charge in [0.25, 0.3) is 0 Å². The van der Waals surface area contributed by atoms with Crippen LogP contribution in [0.4, 0.5) is 0 Å². The Kier molecular flexibility index (Phi) is 3.60. The number of benzene rings is 3. The lowest BCUT2D eigenvalue weighted by Gasteiger charge is -2.19. The molecule has 4 rings (SSSR count). The SMILES string of the molecule is COc1cc(C)c2c(cc(C)c3nc4ccccc4nc32)c1C(C)C. The highest BCUT2D eigenvalue weighted by molar-refractivity contribution is 6.10. The average molecular weight is 330 g/mol. The molecule has 3 heteroatoms. The number of ether oxygens (including phenoxy) is 1. The Bertz CT molecular complexity index is 1130. The van der Waals surface area contributed by atoms with Gasteiger partial charge in [0.15, 0.2) is 0 Å². The lowest BCUT2D eigenvalue weighted by Crippen LogP contribution is -2.00. The normalized spacial score (nSPS) is 11.8. The summed E-state index contributed by atoms with van der Waals surface area (Å²) in [5.41, 5.74) is 7.39. The van der Waals surface area contributed by atoms with Gasteiger partial charge in [0.05, 0.1) is 29.2 Å². The van der Waals surface area contributed by atoms with Crippen molar-refractivity contribution in [2.45, 2.75) is 33.6 Å². The molecule has 0 unspecified atom stereocenters. The molecule has 25 heavy (non-hydrogen) atoms. The van der Waals surface area contributed by atoms with E-state index < -0.39 is 0 Å². The minimum absolute atomic E-state index is 0.364. The number of hydrogen-bond donors (Lipinski definition) is 0. The summed E-state index contributed by atoms with van der Waals surface area (Å²) in [6, 6.07) is 12.4. The summed E-state index contributed by atoms with van der Waals surface area (Å²) < 4.78 is 5.68. The van der Waals surface area contributed by atoms with Crippen LogP contribution in [-0.4, -0.2) is 17.1 Å². The van der Waals surface area contributed by atoms with Crippen molar-refractivity contribution in [3.05, 3.63) is 53.1 Å². The van der Waals surface area contributed by atoms with Gasteiger partial charge in [0.1, 0.15) is 5.75 Å². The van der Waals surface area contributed by atoms with E-state index in [1.807, 2.05) is 24.3 Å². The molecule has 0 fully saturated rings. The molecule has 0 amide bonds. The highest BCUT2D eigenvalue weighted by Crippen LogP contribution is 2.39. The smallest absolute Gasteiger partial charge is 0.123 e. The van der Waals surface area contributed by atoms with Crippen LogP contribution in [0, 0.1) is 13.8 Å². The van der Waals surface area contributed by atoms with Crippen LogP contribution in [0.2, 0.25) is 0 Å². The molecule has 0 aliphatic heterocycles. The predicted octanol–water partition coefficient (Wildman–Crippen LogP) is 5.69. The molecular formula is C22H22N2O. The zero-order chi connectivity index (χ0) is 17.7. The Labute approximate surface area is 147 Å². The first-order chi connectivity index (χ1) is 12.0. The fraction of sp³-hybridized carbons (Fsp3) is 0.273. The van der Waals surface area contributed by atoms with Crippen LogP contribution in [0.15, 0.2) is 36.4 Å². The molecule has 0 aliphatic rings. The number of aromatic nitrogens is 2. The number of aryl methyl sites for hydroxylation is 2. The molecule has 0 N–H and O–H groups in total. The van der Waals surface area contributed by atoms with Crippen molar-refractivity contribution in [2.75, 3.05) is 7.11 Å². The zero-order valence-electron chi connectivity index (χ0n) is 15.3. The van der Waals surface area contributed by atoms with Gasteiger partial charge < -0.3 is 4.74 Å². The quantitative estimate of drug-likeness (QED) is 0.350. The summed E-state index contributed by atoms with van der Waals surface area (Å²) in [4.78, 5) is 9.87. The van der Waals surface area contributed by atoms with Crippen molar-refractivity contribution in [3.8, 4) is 5.75 Å². The maximum absolute atomic E-state index is 5.68. The molecule has 0 saturated heterocycles. The Morgan fingerprint density at radius 3 is 2.12 bits per heavy atom. The van der Waals surface area contributed by atoms with Gasteiger partial charge in [-0.05, 0) is 60.5 Å². The highest BCUT2D eigenvalue weighted by atomic mass is 16.5. The van der Waals surface area contributed by atoms with E-state index in [1.54, 1.807) is 7.11 Å². The Morgan fingerprint density at radius 2 is 1.52 bits per heavy atom. The molecule has 0 radical (unpaired) electrons. The molecule has 1 aromatic heterocycles. The van der Waals surface area contributed by atoms with Crippen LogP contribution in [0.25, 0.3) is 32.8 Å². The fourth-order valence-electron chi connectivity index (χ4n) is 3.79. The maximum Gasteiger partial charge on any atom is 0.123 e. The average Bonchev–Trinajstić information content (AvgIpc) is 2.59. The summed E-state index contributed by atoms with van der Waals surface area (Å²) in [5, 5.41) is 2.41. The van der Waals surface area contributed by atoms with Crippen molar-refractivity contribution in [1.82, 2.24) is 9.97 Å². The second-order valence-corrected chi connectivity index (χ2v) is 6.99. The van der Waals surface area contributed by atoms with Gasteiger partial charge in [-0.15, -0.1) is 0 Å². The van der Waals surface area contributed by atoms with E-state index in [9.17, 15) is 0 Å². The van der Waals surface area contributed by atoms with E-state index in [0.717, 1.165) is 33.4 Å². The number of rotatable bonds is 2. The van der Waals surface area contributed by atoms with Crippen molar-refractivity contribution in [2.24, 2.45) is 0 Å². The molecule has 0 aliphatic carbocycles. The van der Waals surface area contributed by atoms with E-state index >= 15 is 0 Å². The van der Waals surface area contributed by atoms with Crippen LogP contribution in [0.1, 0.15) is 36.5 Å².